The van der Waals surface area contributed by atoms with Crippen molar-refractivity contribution in [1.29, 1.82) is 0 Å². The van der Waals surface area contributed by atoms with Crippen LogP contribution in [-0.4, -0.2) is 40.0 Å². The molecule has 0 spiro atoms. The normalized spacial score (nSPS) is 18.3. The fraction of sp³-hybridized carbons (Fsp3) is 0.474. The Hall–Kier alpha value is -1.79. The van der Waals surface area contributed by atoms with Crippen molar-refractivity contribution in [3.63, 3.8) is 0 Å². The zero-order chi connectivity index (χ0) is 17.8. The summed E-state index contributed by atoms with van der Waals surface area (Å²) in [6.07, 6.45) is 5.99. The van der Waals surface area contributed by atoms with Crippen molar-refractivity contribution in [2.75, 3.05) is 13.2 Å². The maximum atomic E-state index is 12.4. The van der Waals surface area contributed by atoms with Gasteiger partial charge >= 0.3 is 0 Å². The van der Waals surface area contributed by atoms with Crippen molar-refractivity contribution in [3.05, 3.63) is 41.7 Å². The van der Waals surface area contributed by atoms with Crippen molar-refractivity contribution >= 4 is 17.7 Å². The zero-order valence-electron chi connectivity index (χ0n) is 15.0. The monoisotopic (exact) mass is 359 g/mol. The molecule has 25 heavy (non-hydrogen) atoms. The molecule has 0 bridgehead atoms. The van der Waals surface area contributed by atoms with Gasteiger partial charge in [-0.3, -0.25) is 9.36 Å². The number of nitrogens with zero attached hydrogens (tertiary/aromatic N) is 2. The number of rotatable bonds is 6. The molecule has 2 atom stereocenters. The minimum absolute atomic E-state index is 0.0236. The summed E-state index contributed by atoms with van der Waals surface area (Å²) in [4.78, 5) is 16.8. The van der Waals surface area contributed by atoms with Crippen LogP contribution >= 0.6 is 11.8 Å². The second-order valence-corrected chi connectivity index (χ2v) is 7.87. The van der Waals surface area contributed by atoms with E-state index in [1.54, 1.807) is 6.20 Å². The quantitative estimate of drug-likeness (QED) is 0.805. The molecule has 1 aromatic heterocycles. The van der Waals surface area contributed by atoms with Gasteiger partial charge in [0.25, 0.3) is 0 Å². The number of aryl methyl sites for hydroxylation is 2. The third-order valence-electron chi connectivity index (χ3n) is 4.27. The SMILES string of the molecule is Cc1cc(C)cc(-n2ccnc2S[C@H](C)C(=O)NC[C@H]2CCCO2)c1. The second kappa shape index (κ2) is 8.06. The maximum absolute atomic E-state index is 12.4. The molecule has 2 aromatic rings. The van der Waals surface area contributed by atoms with Crippen LogP contribution in [-0.2, 0) is 9.53 Å². The van der Waals surface area contributed by atoms with E-state index in [0.717, 1.165) is 30.3 Å². The molecule has 2 heterocycles. The predicted octanol–water partition coefficient (Wildman–Crippen LogP) is 3.26. The Balaban J connectivity index is 1.64. The molecule has 0 radical (unpaired) electrons. The Morgan fingerprint density at radius 2 is 2.16 bits per heavy atom. The minimum Gasteiger partial charge on any atom is -0.376 e. The van der Waals surface area contributed by atoms with E-state index in [-0.39, 0.29) is 17.3 Å². The average Bonchev–Trinajstić information content (AvgIpc) is 3.23. The lowest BCUT2D eigenvalue weighted by Crippen LogP contribution is -2.36. The molecule has 1 aliphatic rings. The predicted molar refractivity (Wildman–Crippen MR) is 100 cm³/mol. The third kappa shape index (κ3) is 4.64. The highest BCUT2D eigenvalue weighted by atomic mass is 32.2. The van der Waals surface area contributed by atoms with E-state index in [0.29, 0.717) is 6.54 Å². The van der Waals surface area contributed by atoms with E-state index in [4.69, 9.17) is 4.74 Å². The number of aromatic nitrogens is 2. The van der Waals surface area contributed by atoms with Gasteiger partial charge in [-0.25, -0.2) is 4.98 Å². The number of benzene rings is 1. The van der Waals surface area contributed by atoms with E-state index in [1.165, 1.54) is 22.9 Å². The number of imidazole rings is 1. The molecule has 0 unspecified atom stereocenters. The van der Waals surface area contributed by atoms with Gasteiger partial charge in [0.05, 0.1) is 11.4 Å². The molecule has 1 aromatic carbocycles. The Morgan fingerprint density at radius 3 is 2.84 bits per heavy atom. The summed E-state index contributed by atoms with van der Waals surface area (Å²) in [5.41, 5.74) is 3.49. The number of thioether (sulfide) groups is 1. The van der Waals surface area contributed by atoms with E-state index in [1.807, 2.05) is 17.7 Å². The number of ether oxygens (including phenoxy) is 1. The van der Waals surface area contributed by atoms with Crippen LogP contribution in [0.15, 0.2) is 35.7 Å². The molecule has 1 aliphatic heterocycles. The summed E-state index contributed by atoms with van der Waals surface area (Å²) in [5.74, 6) is 0.0236. The fourth-order valence-electron chi connectivity index (χ4n) is 3.04. The largest absolute Gasteiger partial charge is 0.376 e. The number of carbonyl (C=O) groups is 1. The zero-order valence-corrected chi connectivity index (χ0v) is 15.8. The summed E-state index contributed by atoms with van der Waals surface area (Å²) in [5, 5.41) is 3.60. The van der Waals surface area contributed by atoms with Crippen LogP contribution in [0.25, 0.3) is 5.69 Å². The first-order chi connectivity index (χ1) is 12.0. The standard InChI is InChI=1S/C19H25N3O2S/c1-13-9-14(2)11-16(10-13)22-7-6-20-19(22)25-15(3)18(23)21-12-17-5-4-8-24-17/h6-7,9-11,15,17H,4-5,8,12H2,1-3H3,(H,21,23)/t15-,17-/m1/s1. The van der Waals surface area contributed by atoms with Gasteiger partial charge in [0.15, 0.2) is 5.16 Å². The first-order valence-corrected chi connectivity index (χ1v) is 9.59. The van der Waals surface area contributed by atoms with Gasteiger partial charge in [0.1, 0.15) is 0 Å². The Bertz CT molecular complexity index is 718. The lowest BCUT2D eigenvalue weighted by Gasteiger charge is -2.15. The smallest absolute Gasteiger partial charge is 0.233 e. The summed E-state index contributed by atoms with van der Waals surface area (Å²) in [6, 6.07) is 6.40. The van der Waals surface area contributed by atoms with Crippen LogP contribution < -0.4 is 5.32 Å². The number of amides is 1. The molecular weight excluding hydrogens is 334 g/mol. The van der Waals surface area contributed by atoms with Gasteiger partial charge < -0.3 is 10.1 Å². The van der Waals surface area contributed by atoms with Crippen LogP contribution in [0.4, 0.5) is 0 Å². The van der Waals surface area contributed by atoms with Gasteiger partial charge in [0.2, 0.25) is 5.91 Å². The molecule has 1 saturated heterocycles. The molecule has 5 nitrogen and oxygen atoms in total. The highest BCUT2D eigenvalue weighted by molar-refractivity contribution is 8.00. The van der Waals surface area contributed by atoms with Crippen molar-refractivity contribution in [3.8, 4) is 5.69 Å². The van der Waals surface area contributed by atoms with Gasteiger partial charge in [-0.1, -0.05) is 17.8 Å². The molecule has 134 valence electrons. The second-order valence-electron chi connectivity index (χ2n) is 6.57. The molecule has 3 rings (SSSR count). The van der Waals surface area contributed by atoms with Gasteiger partial charge in [-0.2, -0.15) is 0 Å². The number of hydrogen-bond donors (Lipinski definition) is 1. The Labute approximate surface area is 153 Å². The van der Waals surface area contributed by atoms with E-state index in [2.05, 4.69) is 42.3 Å². The lowest BCUT2D eigenvalue weighted by atomic mass is 10.1. The molecule has 1 N–H and O–H groups in total. The molecular formula is C19H25N3O2S. The number of hydrogen-bond acceptors (Lipinski definition) is 4. The number of nitrogens with one attached hydrogen (secondary N) is 1. The van der Waals surface area contributed by atoms with Gasteiger partial charge in [-0.05, 0) is 56.9 Å². The summed E-state index contributed by atoms with van der Waals surface area (Å²) in [6.45, 7) is 7.48. The topological polar surface area (TPSA) is 56.2 Å². The summed E-state index contributed by atoms with van der Waals surface area (Å²) < 4.78 is 7.59. The Morgan fingerprint density at radius 1 is 1.40 bits per heavy atom. The molecule has 0 saturated carbocycles. The van der Waals surface area contributed by atoms with Crippen LogP contribution in [0, 0.1) is 13.8 Å². The van der Waals surface area contributed by atoms with Crippen molar-refractivity contribution in [2.24, 2.45) is 0 Å². The van der Waals surface area contributed by atoms with Crippen LogP contribution in [0.5, 0.6) is 0 Å². The summed E-state index contributed by atoms with van der Waals surface area (Å²) in [7, 11) is 0. The van der Waals surface area contributed by atoms with E-state index in [9.17, 15) is 4.79 Å². The highest BCUT2D eigenvalue weighted by Gasteiger charge is 2.21. The first-order valence-electron chi connectivity index (χ1n) is 8.71. The maximum Gasteiger partial charge on any atom is 0.233 e. The molecule has 1 fully saturated rings. The van der Waals surface area contributed by atoms with Crippen LogP contribution in [0.2, 0.25) is 0 Å². The van der Waals surface area contributed by atoms with Crippen LogP contribution in [0.1, 0.15) is 30.9 Å². The average molecular weight is 359 g/mol. The number of carbonyl (C=O) groups excluding carboxylic acids is 1. The van der Waals surface area contributed by atoms with Crippen molar-refractivity contribution < 1.29 is 9.53 Å². The van der Waals surface area contributed by atoms with Gasteiger partial charge in [-0.15, -0.1) is 0 Å². The highest BCUT2D eigenvalue weighted by Crippen LogP contribution is 2.25. The van der Waals surface area contributed by atoms with Crippen LogP contribution in [0.3, 0.4) is 0 Å². The lowest BCUT2D eigenvalue weighted by molar-refractivity contribution is -0.120. The minimum atomic E-state index is -0.214. The third-order valence-corrected chi connectivity index (χ3v) is 5.35. The van der Waals surface area contributed by atoms with Crippen molar-refractivity contribution in [2.45, 2.75) is 50.1 Å². The fourth-order valence-corrected chi connectivity index (χ4v) is 3.95. The van der Waals surface area contributed by atoms with E-state index >= 15 is 0 Å². The molecule has 1 amide bonds. The van der Waals surface area contributed by atoms with Gasteiger partial charge in [0, 0.05) is 31.2 Å². The molecule has 6 heteroatoms. The first kappa shape index (κ1) is 18.0. The Kier molecular flexibility index (Phi) is 5.81. The van der Waals surface area contributed by atoms with E-state index < -0.39 is 0 Å². The summed E-state index contributed by atoms with van der Waals surface area (Å²) >= 11 is 1.47. The molecule has 0 aliphatic carbocycles. The van der Waals surface area contributed by atoms with Crippen molar-refractivity contribution in [1.82, 2.24) is 14.9 Å².